The molecule has 1 unspecified atom stereocenters. The fraction of sp³-hybridized carbons (Fsp3) is 0.400. The van der Waals surface area contributed by atoms with E-state index in [2.05, 4.69) is 30.5 Å². The molecule has 2 heterocycles. The van der Waals surface area contributed by atoms with Crippen molar-refractivity contribution < 1.29 is 0 Å². The van der Waals surface area contributed by atoms with Gasteiger partial charge in [-0.3, -0.25) is 5.10 Å². The minimum Gasteiger partial charge on any atom is -0.360 e. The molecule has 0 saturated heterocycles. The standard InChI is InChI=1S/C10H14N6/c1-6-4-9(15-8(3)13-6)14-7(2)10-11-5-12-16-10/h4-5,7H,1-3H3,(H,11,12,16)(H,13,14,15). The van der Waals surface area contributed by atoms with Gasteiger partial charge >= 0.3 is 0 Å². The van der Waals surface area contributed by atoms with Crippen LogP contribution in [0.25, 0.3) is 0 Å². The Morgan fingerprint density at radius 1 is 1.31 bits per heavy atom. The molecular formula is C10H14N6. The molecule has 2 rings (SSSR count). The second-order valence-electron chi connectivity index (χ2n) is 3.68. The SMILES string of the molecule is Cc1cc(NC(C)c2ncn[nH]2)nc(C)n1. The second kappa shape index (κ2) is 4.26. The Bertz CT molecular complexity index is 444. The predicted octanol–water partition coefficient (Wildman–Crippen LogP) is 1.38. The van der Waals surface area contributed by atoms with Crippen molar-refractivity contribution in [2.75, 3.05) is 5.32 Å². The van der Waals surface area contributed by atoms with Gasteiger partial charge in [-0.05, 0) is 20.8 Å². The molecule has 0 aliphatic heterocycles. The average Bonchev–Trinajstić information content (AvgIpc) is 2.68. The summed E-state index contributed by atoms with van der Waals surface area (Å²) in [6.45, 7) is 5.81. The number of H-pyrrole nitrogens is 1. The first-order chi connectivity index (χ1) is 7.65. The van der Waals surface area contributed by atoms with E-state index in [4.69, 9.17) is 0 Å². The predicted molar refractivity (Wildman–Crippen MR) is 59.9 cm³/mol. The van der Waals surface area contributed by atoms with Gasteiger partial charge in [0.05, 0.1) is 6.04 Å². The molecule has 2 aromatic rings. The van der Waals surface area contributed by atoms with Crippen molar-refractivity contribution in [2.24, 2.45) is 0 Å². The van der Waals surface area contributed by atoms with E-state index < -0.39 is 0 Å². The molecule has 0 aliphatic carbocycles. The zero-order valence-electron chi connectivity index (χ0n) is 9.52. The Kier molecular flexibility index (Phi) is 2.80. The van der Waals surface area contributed by atoms with E-state index >= 15 is 0 Å². The third-order valence-corrected chi connectivity index (χ3v) is 2.17. The zero-order valence-corrected chi connectivity index (χ0v) is 9.52. The molecule has 84 valence electrons. The Hall–Kier alpha value is -1.98. The molecule has 6 nitrogen and oxygen atoms in total. The summed E-state index contributed by atoms with van der Waals surface area (Å²) in [6.07, 6.45) is 1.49. The number of hydrogen-bond donors (Lipinski definition) is 2. The highest BCUT2D eigenvalue weighted by molar-refractivity contribution is 5.37. The summed E-state index contributed by atoms with van der Waals surface area (Å²) in [6, 6.07) is 1.94. The molecule has 0 aromatic carbocycles. The topological polar surface area (TPSA) is 79.4 Å². The van der Waals surface area contributed by atoms with Crippen LogP contribution in [0.5, 0.6) is 0 Å². The number of rotatable bonds is 3. The lowest BCUT2D eigenvalue weighted by Gasteiger charge is -2.12. The molecule has 0 amide bonds. The van der Waals surface area contributed by atoms with Crippen molar-refractivity contribution in [3.63, 3.8) is 0 Å². The van der Waals surface area contributed by atoms with E-state index in [1.165, 1.54) is 6.33 Å². The first-order valence-electron chi connectivity index (χ1n) is 5.09. The number of aromatic nitrogens is 5. The Morgan fingerprint density at radius 2 is 2.12 bits per heavy atom. The first-order valence-corrected chi connectivity index (χ1v) is 5.09. The molecule has 0 fully saturated rings. The average molecular weight is 218 g/mol. The van der Waals surface area contributed by atoms with Gasteiger partial charge in [0.2, 0.25) is 0 Å². The normalized spacial score (nSPS) is 12.4. The van der Waals surface area contributed by atoms with Crippen LogP contribution >= 0.6 is 0 Å². The molecule has 2 aromatic heterocycles. The second-order valence-corrected chi connectivity index (χ2v) is 3.68. The van der Waals surface area contributed by atoms with Crippen molar-refractivity contribution in [2.45, 2.75) is 26.8 Å². The molecule has 6 heteroatoms. The van der Waals surface area contributed by atoms with Crippen molar-refractivity contribution >= 4 is 5.82 Å². The summed E-state index contributed by atoms with van der Waals surface area (Å²) in [7, 11) is 0. The van der Waals surface area contributed by atoms with Crippen LogP contribution in [-0.2, 0) is 0 Å². The van der Waals surface area contributed by atoms with E-state index in [1.54, 1.807) is 0 Å². The van der Waals surface area contributed by atoms with Crippen molar-refractivity contribution in [3.05, 3.63) is 29.7 Å². The van der Waals surface area contributed by atoms with Gasteiger partial charge in [-0.1, -0.05) is 0 Å². The number of aryl methyl sites for hydroxylation is 2. The van der Waals surface area contributed by atoms with Gasteiger partial charge in [-0.2, -0.15) is 5.10 Å². The summed E-state index contributed by atoms with van der Waals surface area (Å²) in [5, 5.41) is 9.87. The maximum Gasteiger partial charge on any atom is 0.146 e. The monoisotopic (exact) mass is 218 g/mol. The van der Waals surface area contributed by atoms with Crippen LogP contribution in [0.3, 0.4) is 0 Å². The van der Waals surface area contributed by atoms with Crippen LogP contribution in [0.2, 0.25) is 0 Å². The Labute approximate surface area is 93.6 Å². The summed E-state index contributed by atoms with van der Waals surface area (Å²) in [5.41, 5.74) is 0.944. The fourth-order valence-electron chi connectivity index (χ4n) is 1.50. The van der Waals surface area contributed by atoms with Crippen molar-refractivity contribution in [3.8, 4) is 0 Å². The molecular weight excluding hydrogens is 204 g/mol. The van der Waals surface area contributed by atoms with Gasteiger partial charge in [0.1, 0.15) is 23.8 Å². The largest absolute Gasteiger partial charge is 0.360 e. The van der Waals surface area contributed by atoms with Crippen LogP contribution in [0.1, 0.15) is 30.3 Å². The lowest BCUT2D eigenvalue weighted by molar-refractivity contribution is 0.786. The molecule has 0 bridgehead atoms. The maximum atomic E-state index is 4.30. The Morgan fingerprint density at radius 3 is 2.75 bits per heavy atom. The highest BCUT2D eigenvalue weighted by Crippen LogP contribution is 2.14. The molecule has 0 spiro atoms. The minimum absolute atomic E-state index is 0.0381. The smallest absolute Gasteiger partial charge is 0.146 e. The molecule has 1 atom stereocenters. The van der Waals surface area contributed by atoms with Gasteiger partial charge in [-0.25, -0.2) is 15.0 Å². The van der Waals surface area contributed by atoms with E-state index in [0.29, 0.717) is 0 Å². The highest BCUT2D eigenvalue weighted by Gasteiger charge is 2.09. The zero-order chi connectivity index (χ0) is 11.5. The van der Waals surface area contributed by atoms with Crippen LogP contribution in [0.4, 0.5) is 5.82 Å². The van der Waals surface area contributed by atoms with Crippen molar-refractivity contribution in [1.82, 2.24) is 25.1 Å². The van der Waals surface area contributed by atoms with Gasteiger partial charge < -0.3 is 5.32 Å². The summed E-state index contributed by atoms with van der Waals surface area (Å²) in [5.74, 6) is 2.34. The quantitative estimate of drug-likeness (QED) is 0.813. The molecule has 0 aliphatic rings. The Balaban J connectivity index is 2.15. The number of nitrogens with zero attached hydrogens (tertiary/aromatic N) is 4. The van der Waals surface area contributed by atoms with E-state index in [-0.39, 0.29) is 6.04 Å². The van der Waals surface area contributed by atoms with E-state index in [1.807, 2.05) is 26.8 Å². The highest BCUT2D eigenvalue weighted by atomic mass is 15.2. The van der Waals surface area contributed by atoms with Gasteiger partial charge in [-0.15, -0.1) is 0 Å². The fourth-order valence-corrected chi connectivity index (χ4v) is 1.50. The molecule has 16 heavy (non-hydrogen) atoms. The van der Waals surface area contributed by atoms with Crippen LogP contribution in [0.15, 0.2) is 12.4 Å². The number of nitrogens with one attached hydrogen (secondary N) is 2. The summed E-state index contributed by atoms with van der Waals surface area (Å²) in [4.78, 5) is 12.6. The van der Waals surface area contributed by atoms with Crippen LogP contribution in [0, 0.1) is 13.8 Å². The molecule has 0 radical (unpaired) electrons. The minimum atomic E-state index is 0.0381. The first kappa shape index (κ1) is 10.5. The maximum absolute atomic E-state index is 4.30. The summed E-state index contributed by atoms with van der Waals surface area (Å²) >= 11 is 0. The molecule has 0 saturated carbocycles. The van der Waals surface area contributed by atoms with Gasteiger partial charge in [0.25, 0.3) is 0 Å². The third-order valence-electron chi connectivity index (χ3n) is 2.17. The van der Waals surface area contributed by atoms with Gasteiger partial charge in [0, 0.05) is 11.8 Å². The van der Waals surface area contributed by atoms with Crippen LogP contribution in [-0.4, -0.2) is 25.1 Å². The molecule has 2 N–H and O–H groups in total. The van der Waals surface area contributed by atoms with E-state index in [0.717, 1.165) is 23.2 Å². The number of aromatic amines is 1. The lowest BCUT2D eigenvalue weighted by Crippen LogP contribution is -2.10. The number of hydrogen-bond acceptors (Lipinski definition) is 5. The third kappa shape index (κ3) is 2.33. The van der Waals surface area contributed by atoms with E-state index in [9.17, 15) is 0 Å². The van der Waals surface area contributed by atoms with Crippen molar-refractivity contribution in [1.29, 1.82) is 0 Å². The number of anilines is 1. The van der Waals surface area contributed by atoms with Crippen LogP contribution < -0.4 is 5.32 Å². The van der Waals surface area contributed by atoms with Gasteiger partial charge in [0.15, 0.2) is 0 Å². The lowest BCUT2D eigenvalue weighted by atomic mass is 10.3. The summed E-state index contributed by atoms with van der Waals surface area (Å²) < 4.78 is 0.